The van der Waals surface area contributed by atoms with Crippen LogP contribution in [0, 0.1) is 0 Å². The lowest BCUT2D eigenvalue weighted by Gasteiger charge is -2.15. The molecule has 0 bridgehead atoms. The van der Waals surface area contributed by atoms with Gasteiger partial charge in [-0.3, -0.25) is 14.6 Å². The third-order valence-electron chi connectivity index (χ3n) is 4.38. The Hall–Kier alpha value is -3.41. The third kappa shape index (κ3) is 4.65. The average Bonchev–Trinajstić information content (AvgIpc) is 2.68. The Balaban J connectivity index is 1.59. The highest BCUT2D eigenvalue weighted by atomic mass is 16.5. The number of pyridine rings is 1. The third-order valence-corrected chi connectivity index (χ3v) is 4.38. The van der Waals surface area contributed by atoms with Crippen molar-refractivity contribution >= 4 is 34.2 Å². The van der Waals surface area contributed by atoms with E-state index in [1.807, 2.05) is 73.6 Å². The molecule has 1 heterocycles. The van der Waals surface area contributed by atoms with E-state index < -0.39 is 12.1 Å². The molecule has 144 valence electrons. The van der Waals surface area contributed by atoms with Gasteiger partial charge in [-0.1, -0.05) is 24.3 Å². The lowest BCUT2D eigenvalue weighted by Crippen LogP contribution is -2.30. The fourth-order valence-electron chi connectivity index (χ4n) is 2.84. The Kier molecular flexibility index (Phi) is 5.89. The van der Waals surface area contributed by atoms with Crippen molar-refractivity contribution in [1.82, 2.24) is 4.98 Å². The molecule has 0 aliphatic heterocycles. The number of amides is 1. The number of fused-ring (bicyclic) bond motifs is 1. The van der Waals surface area contributed by atoms with Crippen LogP contribution in [-0.2, 0) is 20.7 Å². The van der Waals surface area contributed by atoms with Crippen LogP contribution in [0.15, 0.2) is 60.8 Å². The topological polar surface area (TPSA) is 71.5 Å². The van der Waals surface area contributed by atoms with Crippen LogP contribution in [0.25, 0.3) is 10.9 Å². The number of nitrogens with one attached hydrogen (secondary N) is 1. The summed E-state index contributed by atoms with van der Waals surface area (Å²) in [6.45, 7) is 1.56. The minimum absolute atomic E-state index is 0.0590. The maximum Gasteiger partial charge on any atom is 0.311 e. The van der Waals surface area contributed by atoms with Gasteiger partial charge in [0.05, 0.1) is 11.9 Å². The van der Waals surface area contributed by atoms with E-state index in [-0.39, 0.29) is 12.3 Å². The molecule has 0 fully saturated rings. The highest BCUT2D eigenvalue weighted by Gasteiger charge is 2.19. The number of aromatic nitrogens is 1. The molecule has 3 rings (SSSR count). The largest absolute Gasteiger partial charge is 0.452 e. The van der Waals surface area contributed by atoms with Gasteiger partial charge in [-0.05, 0) is 42.8 Å². The van der Waals surface area contributed by atoms with Crippen LogP contribution in [0.2, 0.25) is 0 Å². The van der Waals surface area contributed by atoms with Crippen molar-refractivity contribution in [2.75, 3.05) is 24.3 Å². The molecule has 0 saturated heterocycles. The van der Waals surface area contributed by atoms with Crippen molar-refractivity contribution in [2.24, 2.45) is 0 Å². The molecular formula is C22H23N3O3. The quantitative estimate of drug-likeness (QED) is 0.667. The fourth-order valence-corrected chi connectivity index (χ4v) is 2.84. The summed E-state index contributed by atoms with van der Waals surface area (Å²) in [7, 11) is 3.89. The van der Waals surface area contributed by atoms with E-state index in [1.54, 1.807) is 13.1 Å². The van der Waals surface area contributed by atoms with Crippen LogP contribution >= 0.6 is 0 Å². The Morgan fingerprint density at radius 3 is 2.50 bits per heavy atom. The van der Waals surface area contributed by atoms with Crippen molar-refractivity contribution in [1.29, 1.82) is 0 Å². The second-order valence-electron chi connectivity index (χ2n) is 6.73. The predicted molar refractivity (Wildman–Crippen MR) is 110 cm³/mol. The van der Waals surface area contributed by atoms with E-state index in [0.717, 1.165) is 22.2 Å². The second kappa shape index (κ2) is 8.52. The van der Waals surface area contributed by atoms with Crippen molar-refractivity contribution in [2.45, 2.75) is 19.4 Å². The monoisotopic (exact) mass is 377 g/mol. The number of benzene rings is 2. The van der Waals surface area contributed by atoms with Gasteiger partial charge in [-0.25, -0.2) is 0 Å². The lowest BCUT2D eigenvalue weighted by molar-refractivity contribution is -0.152. The Labute approximate surface area is 164 Å². The number of nitrogens with zero attached hydrogens (tertiary/aromatic N) is 2. The zero-order valence-electron chi connectivity index (χ0n) is 16.2. The molecule has 1 unspecified atom stereocenters. The molecule has 1 amide bonds. The van der Waals surface area contributed by atoms with Crippen LogP contribution < -0.4 is 10.2 Å². The van der Waals surface area contributed by atoms with Gasteiger partial charge >= 0.3 is 5.97 Å². The minimum Gasteiger partial charge on any atom is -0.452 e. The summed E-state index contributed by atoms with van der Waals surface area (Å²) in [4.78, 5) is 30.9. The fraction of sp³-hybridized carbons (Fsp3) is 0.227. The number of anilines is 2. The van der Waals surface area contributed by atoms with Gasteiger partial charge in [0.1, 0.15) is 0 Å². The molecule has 0 aliphatic rings. The molecule has 6 heteroatoms. The summed E-state index contributed by atoms with van der Waals surface area (Å²) in [5, 5.41) is 3.72. The van der Waals surface area contributed by atoms with Gasteiger partial charge in [0.15, 0.2) is 6.10 Å². The van der Waals surface area contributed by atoms with Crippen LogP contribution in [0.3, 0.4) is 0 Å². The molecule has 1 N–H and O–H groups in total. The summed E-state index contributed by atoms with van der Waals surface area (Å²) in [6.07, 6.45) is 0.849. The maximum absolute atomic E-state index is 12.3. The second-order valence-corrected chi connectivity index (χ2v) is 6.73. The molecule has 0 spiro atoms. The summed E-state index contributed by atoms with van der Waals surface area (Å²) in [6, 6.07) is 16.9. The molecular weight excluding hydrogens is 354 g/mol. The average molecular weight is 377 g/mol. The Bertz CT molecular complexity index is 978. The number of hydrogen-bond donors (Lipinski definition) is 1. The summed E-state index contributed by atoms with van der Waals surface area (Å²) in [5.41, 5.74) is 3.22. The zero-order valence-corrected chi connectivity index (χ0v) is 16.2. The maximum atomic E-state index is 12.3. The highest BCUT2D eigenvalue weighted by molar-refractivity contribution is 5.95. The van der Waals surface area contributed by atoms with Gasteiger partial charge in [0, 0.05) is 37.1 Å². The number of carbonyl (C=O) groups is 2. The molecule has 1 aromatic heterocycles. The van der Waals surface area contributed by atoms with Crippen molar-refractivity contribution < 1.29 is 14.3 Å². The number of carbonyl (C=O) groups excluding carboxylic acids is 2. The zero-order chi connectivity index (χ0) is 20.1. The summed E-state index contributed by atoms with van der Waals surface area (Å²) >= 11 is 0. The van der Waals surface area contributed by atoms with Gasteiger partial charge < -0.3 is 15.0 Å². The first-order valence-corrected chi connectivity index (χ1v) is 9.04. The van der Waals surface area contributed by atoms with Gasteiger partial charge in [0.25, 0.3) is 5.91 Å². The summed E-state index contributed by atoms with van der Waals surface area (Å²) in [5.74, 6) is -0.842. The van der Waals surface area contributed by atoms with Crippen LogP contribution in [0.4, 0.5) is 11.4 Å². The Morgan fingerprint density at radius 1 is 1.07 bits per heavy atom. The lowest BCUT2D eigenvalue weighted by atomic mass is 10.1. The van der Waals surface area contributed by atoms with Gasteiger partial charge in [-0.2, -0.15) is 0 Å². The van der Waals surface area contributed by atoms with E-state index in [0.29, 0.717) is 5.69 Å². The number of ether oxygens (including phenoxy) is 1. The smallest absolute Gasteiger partial charge is 0.311 e. The number of esters is 1. The van der Waals surface area contributed by atoms with E-state index in [2.05, 4.69) is 10.3 Å². The molecule has 1 atom stereocenters. The number of para-hydroxylation sites is 1. The van der Waals surface area contributed by atoms with Crippen molar-refractivity contribution in [3.8, 4) is 0 Å². The van der Waals surface area contributed by atoms with Crippen LogP contribution in [0.5, 0.6) is 0 Å². The van der Waals surface area contributed by atoms with E-state index >= 15 is 0 Å². The van der Waals surface area contributed by atoms with E-state index in [4.69, 9.17) is 4.74 Å². The first-order chi connectivity index (χ1) is 13.4. The highest BCUT2D eigenvalue weighted by Crippen LogP contribution is 2.18. The SMILES string of the molecule is CC(OC(=O)Cc1cccc2cccnc12)C(=O)Nc1ccc(N(C)C)cc1. The van der Waals surface area contributed by atoms with E-state index in [9.17, 15) is 9.59 Å². The summed E-state index contributed by atoms with van der Waals surface area (Å²) < 4.78 is 5.31. The molecule has 2 aromatic carbocycles. The minimum atomic E-state index is -0.899. The van der Waals surface area contributed by atoms with Crippen LogP contribution in [-0.4, -0.2) is 37.1 Å². The normalized spacial score (nSPS) is 11.7. The molecule has 0 saturated carbocycles. The number of hydrogen-bond acceptors (Lipinski definition) is 5. The first-order valence-electron chi connectivity index (χ1n) is 9.04. The van der Waals surface area contributed by atoms with E-state index in [1.165, 1.54) is 0 Å². The van der Waals surface area contributed by atoms with Crippen LogP contribution in [0.1, 0.15) is 12.5 Å². The molecule has 6 nitrogen and oxygen atoms in total. The Morgan fingerprint density at radius 2 is 1.79 bits per heavy atom. The van der Waals surface area contributed by atoms with Crippen molar-refractivity contribution in [3.05, 3.63) is 66.4 Å². The predicted octanol–water partition coefficient (Wildman–Crippen LogP) is 3.41. The standard InChI is InChI=1S/C22H23N3O3/c1-15(22(27)24-18-9-11-19(12-10-18)25(2)3)28-20(26)14-17-7-4-6-16-8-5-13-23-21(16)17/h4-13,15H,14H2,1-3H3,(H,24,27). The molecule has 28 heavy (non-hydrogen) atoms. The molecule has 3 aromatic rings. The van der Waals surface area contributed by atoms with Gasteiger partial charge in [-0.15, -0.1) is 0 Å². The molecule has 0 aliphatic carbocycles. The van der Waals surface area contributed by atoms with Gasteiger partial charge in [0.2, 0.25) is 0 Å². The molecule has 0 radical (unpaired) electrons. The first kappa shape index (κ1) is 19.4. The van der Waals surface area contributed by atoms with Crippen molar-refractivity contribution in [3.63, 3.8) is 0 Å². The number of rotatable bonds is 6.